The van der Waals surface area contributed by atoms with Crippen LogP contribution in [0.5, 0.6) is 0 Å². The number of fused-ring (bicyclic) bond motifs is 1. The Morgan fingerprint density at radius 2 is 2.10 bits per heavy atom. The molecule has 0 unspecified atom stereocenters. The van der Waals surface area contributed by atoms with Gasteiger partial charge in [0.25, 0.3) is 0 Å². The Kier molecular flexibility index (Phi) is 4.51. The van der Waals surface area contributed by atoms with Gasteiger partial charge in [0.05, 0.1) is 30.5 Å². The van der Waals surface area contributed by atoms with Crippen LogP contribution in [-0.2, 0) is 11.2 Å². The van der Waals surface area contributed by atoms with Crippen LogP contribution in [0, 0.1) is 0 Å². The van der Waals surface area contributed by atoms with E-state index >= 15 is 0 Å². The highest BCUT2D eigenvalue weighted by atomic mass is 16.5. The highest BCUT2D eigenvalue weighted by molar-refractivity contribution is 5.73. The molecule has 2 aromatic heterocycles. The zero-order chi connectivity index (χ0) is 20.0. The van der Waals surface area contributed by atoms with Gasteiger partial charge in [-0.15, -0.1) is 0 Å². The van der Waals surface area contributed by atoms with Gasteiger partial charge in [-0.3, -0.25) is 0 Å². The predicted octanol–water partition coefficient (Wildman–Crippen LogP) is 1.10. The molecule has 3 N–H and O–H groups in total. The lowest BCUT2D eigenvalue weighted by Gasteiger charge is -2.37. The highest BCUT2D eigenvalue weighted by Crippen LogP contribution is 2.40. The van der Waals surface area contributed by atoms with Crippen molar-refractivity contribution in [1.29, 1.82) is 0 Å². The molecule has 3 aliphatic rings. The van der Waals surface area contributed by atoms with Crippen molar-refractivity contribution < 1.29 is 6.16 Å². The third-order valence-electron chi connectivity index (χ3n) is 6.38. The van der Waals surface area contributed by atoms with Crippen LogP contribution in [0.25, 0.3) is 11.3 Å². The number of aromatic nitrogens is 4. The SMILES string of the molecule is C[C@@H]1COCCN1c1nc(-c2cnc(N)nc2)c2c(n1)N([C@]1(C)CCNC1)CC2.[HH]. The Morgan fingerprint density at radius 3 is 2.83 bits per heavy atom. The van der Waals surface area contributed by atoms with Crippen LogP contribution >= 0.6 is 0 Å². The summed E-state index contributed by atoms with van der Waals surface area (Å²) in [5.41, 5.74) is 8.76. The fourth-order valence-corrected chi connectivity index (χ4v) is 4.66. The van der Waals surface area contributed by atoms with Gasteiger partial charge < -0.3 is 25.6 Å². The number of anilines is 3. The molecule has 2 fully saturated rings. The summed E-state index contributed by atoms with van der Waals surface area (Å²) in [6.07, 6.45) is 5.56. The van der Waals surface area contributed by atoms with Crippen molar-refractivity contribution in [2.45, 2.75) is 38.3 Å². The maximum Gasteiger partial charge on any atom is 0.228 e. The summed E-state index contributed by atoms with van der Waals surface area (Å²) < 4.78 is 5.62. The summed E-state index contributed by atoms with van der Waals surface area (Å²) in [6, 6.07) is 0.232. The van der Waals surface area contributed by atoms with Crippen molar-refractivity contribution in [3.63, 3.8) is 0 Å². The van der Waals surface area contributed by atoms with Gasteiger partial charge >= 0.3 is 0 Å². The minimum atomic E-state index is 0. The van der Waals surface area contributed by atoms with E-state index in [1.807, 2.05) is 0 Å². The number of hydrogen-bond acceptors (Lipinski definition) is 9. The maximum absolute atomic E-state index is 5.71. The first-order chi connectivity index (χ1) is 14.0. The van der Waals surface area contributed by atoms with Crippen molar-refractivity contribution in [1.82, 2.24) is 25.3 Å². The average molecular weight is 399 g/mol. The quantitative estimate of drug-likeness (QED) is 0.786. The monoisotopic (exact) mass is 398 g/mol. The number of rotatable bonds is 3. The molecule has 9 nitrogen and oxygen atoms in total. The summed E-state index contributed by atoms with van der Waals surface area (Å²) in [4.78, 5) is 23.2. The van der Waals surface area contributed by atoms with Crippen molar-refractivity contribution >= 4 is 17.7 Å². The van der Waals surface area contributed by atoms with Crippen LogP contribution in [-0.4, -0.2) is 70.9 Å². The first kappa shape index (κ1) is 18.5. The summed E-state index contributed by atoms with van der Waals surface area (Å²) in [5, 5.41) is 3.51. The minimum Gasteiger partial charge on any atom is -0.377 e. The second-order valence-corrected chi connectivity index (χ2v) is 8.45. The fourth-order valence-electron chi connectivity index (χ4n) is 4.66. The Labute approximate surface area is 172 Å². The standard InChI is InChI=1S/C20H28N8O.H2/c1-13-11-29-8-7-27(13)19-25-16(14-9-23-18(21)24-10-14)15-3-6-28(17(15)26-19)20(2)4-5-22-12-20;/h9-10,13,22H,3-8,11-12H2,1-2H3,(H2,21,23,24);1H/t13-,20-;/m1./s1. The van der Waals surface area contributed by atoms with Crippen LogP contribution in [0.1, 0.15) is 27.3 Å². The van der Waals surface area contributed by atoms with E-state index in [1.165, 1.54) is 5.56 Å². The second kappa shape index (κ2) is 7.07. The second-order valence-electron chi connectivity index (χ2n) is 8.45. The molecule has 0 aliphatic carbocycles. The number of hydrogen-bond donors (Lipinski definition) is 2. The van der Waals surface area contributed by atoms with Gasteiger partial charge in [0.1, 0.15) is 5.82 Å². The summed E-state index contributed by atoms with van der Waals surface area (Å²) in [7, 11) is 0. The van der Waals surface area contributed by atoms with Gasteiger partial charge in [0, 0.05) is 44.6 Å². The lowest BCUT2D eigenvalue weighted by Crippen LogP contribution is -2.48. The molecule has 5 heterocycles. The number of nitrogens with zero attached hydrogens (tertiary/aromatic N) is 6. The average Bonchev–Trinajstić information content (AvgIpc) is 3.35. The van der Waals surface area contributed by atoms with Gasteiger partial charge in [0.2, 0.25) is 11.9 Å². The molecule has 5 rings (SSSR count). The molecule has 2 aromatic rings. The molecule has 9 heteroatoms. The van der Waals surface area contributed by atoms with Crippen molar-refractivity contribution in [3.8, 4) is 11.3 Å². The molecule has 0 saturated carbocycles. The van der Waals surface area contributed by atoms with Crippen molar-refractivity contribution in [3.05, 3.63) is 18.0 Å². The van der Waals surface area contributed by atoms with E-state index in [2.05, 4.69) is 38.9 Å². The summed E-state index contributed by atoms with van der Waals surface area (Å²) >= 11 is 0. The van der Waals surface area contributed by atoms with Crippen LogP contribution < -0.4 is 20.9 Å². The van der Waals surface area contributed by atoms with Crippen molar-refractivity contribution in [2.24, 2.45) is 0 Å². The first-order valence-corrected chi connectivity index (χ1v) is 10.4. The number of nitrogens with one attached hydrogen (secondary N) is 1. The van der Waals surface area contributed by atoms with E-state index in [9.17, 15) is 0 Å². The zero-order valence-electron chi connectivity index (χ0n) is 17.1. The molecule has 156 valence electrons. The number of nitrogen functional groups attached to an aromatic ring is 1. The highest BCUT2D eigenvalue weighted by Gasteiger charge is 2.41. The minimum absolute atomic E-state index is 0. The normalized spacial score (nSPS) is 26.8. The smallest absolute Gasteiger partial charge is 0.228 e. The molecular weight excluding hydrogens is 368 g/mol. The molecule has 29 heavy (non-hydrogen) atoms. The molecule has 3 aliphatic heterocycles. The Morgan fingerprint density at radius 1 is 1.28 bits per heavy atom. The number of morpholine rings is 1. The van der Waals surface area contributed by atoms with E-state index < -0.39 is 0 Å². The fraction of sp³-hybridized carbons (Fsp3) is 0.600. The summed E-state index contributed by atoms with van der Waals surface area (Å²) in [5.74, 6) is 2.08. The topological polar surface area (TPSA) is 105 Å². The van der Waals surface area contributed by atoms with E-state index in [0.29, 0.717) is 13.2 Å². The molecule has 0 aromatic carbocycles. The van der Waals surface area contributed by atoms with Gasteiger partial charge in [0.15, 0.2) is 0 Å². The number of ether oxygens (including phenoxy) is 1. The van der Waals surface area contributed by atoms with Gasteiger partial charge in [-0.2, -0.15) is 4.98 Å². The molecular formula is C20H30N8O. The number of nitrogens with two attached hydrogens (primary N) is 1. The Bertz CT molecular complexity index is 902. The maximum atomic E-state index is 5.71. The summed E-state index contributed by atoms with van der Waals surface area (Å²) in [6.45, 7) is 9.61. The third-order valence-corrected chi connectivity index (χ3v) is 6.38. The van der Waals surface area contributed by atoms with Gasteiger partial charge in [-0.25, -0.2) is 15.0 Å². The van der Waals surface area contributed by atoms with Crippen LogP contribution in [0.3, 0.4) is 0 Å². The molecule has 0 bridgehead atoms. The van der Waals surface area contributed by atoms with Gasteiger partial charge in [-0.1, -0.05) is 0 Å². The molecule has 0 amide bonds. The molecule has 0 radical (unpaired) electrons. The lowest BCUT2D eigenvalue weighted by molar-refractivity contribution is 0.0981. The molecule has 2 atom stereocenters. The zero-order valence-corrected chi connectivity index (χ0v) is 17.1. The van der Waals surface area contributed by atoms with Crippen LogP contribution in [0.4, 0.5) is 17.7 Å². The molecule has 2 saturated heterocycles. The largest absolute Gasteiger partial charge is 0.377 e. The van der Waals surface area contributed by atoms with Gasteiger partial charge in [-0.05, 0) is 33.2 Å². The van der Waals surface area contributed by atoms with Crippen LogP contribution in [0.15, 0.2) is 12.4 Å². The van der Waals surface area contributed by atoms with E-state index in [4.69, 9.17) is 20.4 Å². The Balaban J connectivity index is 0.00000218. The van der Waals surface area contributed by atoms with Crippen molar-refractivity contribution in [2.75, 3.05) is 54.9 Å². The van der Waals surface area contributed by atoms with E-state index in [-0.39, 0.29) is 19.0 Å². The van der Waals surface area contributed by atoms with Crippen LogP contribution in [0.2, 0.25) is 0 Å². The third kappa shape index (κ3) is 3.18. The van der Waals surface area contributed by atoms with E-state index in [0.717, 1.165) is 62.0 Å². The first-order valence-electron chi connectivity index (χ1n) is 10.4. The van der Waals surface area contributed by atoms with E-state index in [1.54, 1.807) is 12.4 Å². The Hall–Kier alpha value is -2.52. The molecule has 0 spiro atoms. The lowest BCUT2D eigenvalue weighted by atomic mass is 9.99. The predicted molar refractivity (Wildman–Crippen MR) is 114 cm³/mol.